The summed E-state index contributed by atoms with van der Waals surface area (Å²) >= 11 is 0. The van der Waals surface area contributed by atoms with Crippen molar-refractivity contribution in [3.63, 3.8) is 0 Å². The normalized spacial score (nSPS) is 20.4. The zero-order chi connectivity index (χ0) is 14.6. The minimum Gasteiger partial charge on any atom is -0.376 e. The van der Waals surface area contributed by atoms with Crippen molar-refractivity contribution in [3.05, 3.63) is 34.9 Å². The lowest BCUT2D eigenvalue weighted by Gasteiger charge is -2.40. The number of hydrogen-bond acceptors (Lipinski definition) is 2. The summed E-state index contributed by atoms with van der Waals surface area (Å²) in [4.78, 5) is 0. The van der Waals surface area contributed by atoms with Gasteiger partial charge in [-0.2, -0.15) is 0 Å². The summed E-state index contributed by atoms with van der Waals surface area (Å²) in [6.45, 7) is 4.42. The van der Waals surface area contributed by atoms with Gasteiger partial charge in [0.15, 0.2) is 0 Å². The van der Waals surface area contributed by atoms with Crippen molar-refractivity contribution in [2.24, 2.45) is 0 Å². The Hall–Kier alpha value is -0.860. The minimum absolute atomic E-state index is 0.0518. The van der Waals surface area contributed by atoms with E-state index in [2.05, 4.69) is 44.4 Å². The molecule has 1 atom stereocenters. The van der Waals surface area contributed by atoms with Crippen LogP contribution in [0.3, 0.4) is 0 Å². The van der Waals surface area contributed by atoms with Gasteiger partial charge in [-0.1, -0.05) is 43.9 Å². The van der Waals surface area contributed by atoms with Crippen molar-refractivity contribution in [2.45, 2.75) is 64.0 Å². The highest BCUT2D eigenvalue weighted by atomic mass is 16.5. The molecule has 1 fully saturated rings. The van der Waals surface area contributed by atoms with E-state index in [1.54, 1.807) is 0 Å². The van der Waals surface area contributed by atoms with Gasteiger partial charge in [-0.05, 0) is 50.4 Å². The van der Waals surface area contributed by atoms with Crippen molar-refractivity contribution >= 4 is 0 Å². The predicted molar refractivity (Wildman–Crippen MR) is 85.2 cm³/mol. The molecular weight excluding hydrogens is 246 g/mol. The highest BCUT2D eigenvalue weighted by molar-refractivity contribution is 5.37. The molecule has 0 heterocycles. The van der Waals surface area contributed by atoms with E-state index in [1.807, 2.05) is 7.11 Å². The van der Waals surface area contributed by atoms with E-state index in [1.165, 1.54) is 42.4 Å². The highest BCUT2D eigenvalue weighted by Gasteiger charge is 2.39. The van der Waals surface area contributed by atoms with Gasteiger partial charge < -0.3 is 10.1 Å². The second-order valence-corrected chi connectivity index (χ2v) is 6.19. The Morgan fingerprint density at radius 3 is 2.30 bits per heavy atom. The number of nitrogens with one attached hydrogen (secondary N) is 1. The first-order chi connectivity index (χ1) is 9.64. The first-order valence-corrected chi connectivity index (χ1v) is 7.93. The molecule has 2 heteroatoms. The molecule has 1 N–H and O–H groups in total. The number of aryl methyl sites for hydroxylation is 1. The van der Waals surface area contributed by atoms with Crippen LogP contribution in [0.2, 0.25) is 0 Å². The largest absolute Gasteiger partial charge is 0.376 e. The second-order valence-electron chi connectivity index (χ2n) is 6.19. The van der Waals surface area contributed by atoms with Gasteiger partial charge in [0.05, 0.1) is 11.6 Å². The molecule has 1 unspecified atom stereocenters. The third-order valence-corrected chi connectivity index (χ3v) is 5.13. The van der Waals surface area contributed by atoms with Crippen LogP contribution in [-0.4, -0.2) is 19.8 Å². The van der Waals surface area contributed by atoms with Gasteiger partial charge in [-0.25, -0.2) is 0 Å². The van der Waals surface area contributed by atoms with E-state index in [9.17, 15) is 0 Å². The molecule has 2 nitrogen and oxygen atoms in total. The summed E-state index contributed by atoms with van der Waals surface area (Å²) in [6, 6.07) is 6.90. The van der Waals surface area contributed by atoms with Gasteiger partial charge in [0.2, 0.25) is 0 Å². The molecule has 0 spiro atoms. The zero-order valence-corrected chi connectivity index (χ0v) is 13.5. The molecule has 0 radical (unpaired) electrons. The van der Waals surface area contributed by atoms with Gasteiger partial charge in [0, 0.05) is 7.11 Å². The zero-order valence-electron chi connectivity index (χ0n) is 13.5. The molecule has 112 valence electrons. The number of ether oxygens (including phenoxy) is 1. The summed E-state index contributed by atoms with van der Waals surface area (Å²) in [5.41, 5.74) is 4.11. The van der Waals surface area contributed by atoms with Crippen LogP contribution in [-0.2, 0) is 4.74 Å². The Kier molecular flexibility index (Phi) is 5.22. The van der Waals surface area contributed by atoms with Crippen LogP contribution in [0.25, 0.3) is 0 Å². The molecule has 1 aliphatic rings. The van der Waals surface area contributed by atoms with Crippen LogP contribution in [0.1, 0.15) is 61.3 Å². The van der Waals surface area contributed by atoms with Crippen molar-refractivity contribution in [3.8, 4) is 0 Å². The number of methoxy groups -OCH3 is 1. The number of benzene rings is 1. The van der Waals surface area contributed by atoms with E-state index < -0.39 is 0 Å². The fraction of sp³-hybridized carbons (Fsp3) is 0.667. The highest BCUT2D eigenvalue weighted by Crippen LogP contribution is 2.41. The molecule has 1 aromatic carbocycles. The third kappa shape index (κ3) is 2.91. The molecule has 2 rings (SSSR count). The minimum atomic E-state index is -0.0518. The molecule has 0 aliphatic heterocycles. The van der Waals surface area contributed by atoms with Crippen LogP contribution in [0.5, 0.6) is 0 Å². The monoisotopic (exact) mass is 275 g/mol. The van der Waals surface area contributed by atoms with Crippen molar-refractivity contribution in [2.75, 3.05) is 14.2 Å². The lowest BCUT2D eigenvalue weighted by Crippen LogP contribution is -2.44. The average Bonchev–Trinajstić information content (AvgIpc) is 2.71. The Morgan fingerprint density at radius 2 is 1.75 bits per heavy atom. The van der Waals surface area contributed by atoms with E-state index in [0.29, 0.717) is 0 Å². The summed E-state index contributed by atoms with van der Waals surface area (Å²) in [7, 11) is 3.96. The Labute approximate surface area is 123 Å². The maximum Gasteiger partial charge on any atom is 0.0872 e. The first-order valence-electron chi connectivity index (χ1n) is 7.93. The maximum atomic E-state index is 6.10. The lowest BCUT2D eigenvalue weighted by molar-refractivity contribution is -0.0524. The Bertz CT molecular complexity index is 433. The summed E-state index contributed by atoms with van der Waals surface area (Å²) in [5, 5.41) is 3.55. The molecule has 1 saturated carbocycles. The molecule has 0 aromatic heterocycles. The van der Waals surface area contributed by atoms with Gasteiger partial charge >= 0.3 is 0 Å². The van der Waals surface area contributed by atoms with Crippen LogP contribution < -0.4 is 5.32 Å². The predicted octanol–water partition coefficient (Wildman–Crippen LogP) is 4.30. The van der Waals surface area contributed by atoms with Gasteiger partial charge in [0.25, 0.3) is 0 Å². The maximum absolute atomic E-state index is 6.10. The molecule has 0 amide bonds. The summed E-state index contributed by atoms with van der Waals surface area (Å²) in [5.74, 6) is 0. The standard InChI is InChI=1S/C18H29NO/c1-14-10-9-11-16(15(14)2)17(19-3)18(20-4)12-7-5-6-8-13-18/h9-11,17,19H,5-8,12-13H2,1-4H3. The van der Waals surface area contributed by atoms with E-state index >= 15 is 0 Å². The van der Waals surface area contributed by atoms with E-state index in [4.69, 9.17) is 4.74 Å². The molecular formula is C18H29NO. The van der Waals surface area contributed by atoms with Crippen molar-refractivity contribution in [1.29, 1.82) is 0 Å². The van der Waals surface area contributed by atoms with Crippen molar-refractivity contribution < 1.29 is 4.74 Å². The van der Waals surface area contributed by atoms with Gasteiger partial charge in [0.1, 0.15) is 0 Å². The fourth-order valence-electron chi connectivity index (χ4n) is 3.73. The van der Waals surface area contributed by atoms with Gasteiger partial charge in [-0.15, -0.1) is 0 Å². The summed E-state index contributed by atoms with van der Waals surface area (Å²) < 4.78 is 6.10. The number of likely N-dealkylation sites (N-methyl/N-ethyl adjacent to an activating group) is 1. The SMILES string of the molecule is CNC(c1cccc(C)c1C)C1(OC)CCCCCC1. The van der Waals surface area contributed by atoms with Crippen LogP contribution in [0.15, 0.2) is 18.2 Å². The Balaban J connectivity index is 2.40. The molecule has 20 heavy (non-hydrogen) atoms. The quantitative estimate of drug-likeness (QED) is 0.827. The topological polar surface area (TPSA) is 21.3 Å². The average molecular weight is 275 g/mol. The fourth-order valence-corrected chi connectivity index (χ4v) is 3.73. The van der Waals surface area contributed by atoms with Crippen LogP contribution in [0, 0.1) is 13.8 Å². The van der Waals surface area contributed by atoms with Crippen molar-refractivity contribution in [1.82, 2.24) is 5.32 Å². The smallest absolute Gasteiger partial charge is 0.0872 e. The van der Waals surface area contributed by atoms with Crippen LogP contribution >= 0.6 is 0 Å². The number of hydrogen-bond donors (Lipinski definition) is 1. The third-order valence-electron chi connectivity index (χ3n) is 5.13. The Morgan fingerprint density at radius 1 is 1.10 bits per heavy atom. The second kappa shape index (κ2) is 6.73. The molecule has 0 bridgehead atoms. The first kappa shape index (κ1) is 15.5. The van der Waals surface area contributed by atoms with Crippen LogP contribution in [0.4, 0.5) is 0 Å². The molecule has 1 aliphatic carbocycles. The van der Waals surface area contributed by atoms with E-state index in [0.717, 1.165) is 12.8 Å². The van der Waals surface area contributed by atoms with Gasteiger partial charge in [-0.3, -0.25) is 0 Å². The summed E-state index contributed by atoms with van der Waals surface area (Å²) in [6.07, 6.45) is 7.54. The molecule has 0 saturated heterocycles. The number of rotatable bonds is 4. The molecule has 1 aromatic rings. The lowest BCUT2D eigenvalue weighted by atomic mass is 9.80. The van der Waals surface area contributed by atoms with E-state index in [-0.39, 0.29) is 11.6 Å².